The van der Waals surface area contributed by atoms with Gasteiger partial charge in [0.25, 0.3) is 10.0 Å². The standard InChI is InChI=1S/C17H11ClFN3O2S/c1-10-2-4-12(5-3-10)25(23,24)22-15-9-20-16(18)7-13(15)14-6-11(19)8-21-17(14)22/h2-9H,1H3. The van der Waals surface area contributed by atoms with Crippen LogP contribution >= 0.6 is 11.6 Å². The maximum atomic E-state index is 13.7. The summed E-state index contributed by atoms with van der Waals surface area (Å²) in [5.41, 5.74) is 1.36. The lowest BCUT2D eigenvalue weighted by Crippen LogP contribution is -2.13. The molecule has 8 heteroatoms. The first-order valence-electron chi connectivity index (χ1n) is 7.31. The second-order valence-electron chi connectivity index (χ2n) is 5.63. The molecule has 3 aromatic heterocycles. The predicted octanol–water partition coefficient (Wildman–Crippen LogP) is 3.92. The number of halogens is 2. The van der Waals surface area contributed by atoms with Gasteiger partial charge in [-0.3, -0.25) is 0 Å². The summed E-state index contributed by atoms with van der Waals surface area (Å²) in [6, 6.07) is 9.21. The molecule has 0 amide bonds. The van der Waals surface area contributed by atoms with Crippen LogP contribution in [0.4, 0.5) is 4.39 Å². The molecule has 0 bridgehead atoms. The molecule has 0 radical (unpaired) electrons. The van der Waals surface area contributed by atoms with Crippen molar-refractivity contribution in [3.8, 4) is 0 Å². The average molecular weight is 376 g/mol. The first-order chi connectivity index (χ1) is 11.9. The normalized spacial score (nSPS) is 12.1. The Kier molecular flexibility index (Phi) is 3.52. The van der Waals surface area contributed by atoms with Gasteiger partial charge in [0.1, 0.15) is 11.0 Å². The van der Waals surface area contributed by atoms with Gasteiger partial charge < -0.3 is 0 Å². The second-order valence-corrected chi connectivity index (χ2v) is 7.81. The summed E-state index contributed by atoms with van der Waals surface area (Å²) in [4.78, 5) is 8.07. The third kappa shape index (κ3) is 2.47. The summed E-state index contributed by atoms with van der Waals surface area (Å²) in [7, 11) is -3.94. The SMILES string of the molecule is Cc1ccc(S(=O)(=O)n2c3cnc(Cl)cc3c3cc(F)cnc32)cc1. The summed E-state index contributed by atoms with van der Waals surface area (Å²) < 4.78 is 41.1. The molecule has 1 aromatic carbocycles. The number of nitrogens with zero attached hydrogens (tertiary/aromatic N) is 3. The fourth-order valence-corrected chi connectivity index (χ4v) is 4.39. The Morgan fingerprint density at radius 1 is 1.04 bits per heavy atom. The van der Waals surface area contributed by atoms with Crippen LogP contribution in [0.5, 0.6) is 0 Å². The van der Waals surface area contributed by atoms with Crippen LogP contribution in [0, 0.1) is 12.7 Å². The third-order valence-corrected chi connectivity index (χ3v) is 5.87. The maximum absolute atomic E-state index is 13.7. The molecule has 0 aliphatic rings. The van der Waals surface area contributed by atoms with E-state index in [1.54, 1.807) is 12.1 Å². The van der Waals surface area contributed by atoms with E-state index in [1.807, 2.05) is 6.92 Å². The molecule has 0 fully saturated rings. The quantitative estimate of drug-likeness (QED) is 0.498. The van der Waals surface area contributed by atoms with Crippen LogP contribution in [0.2, 0.25) is 5.15 Å². The Hall–Kier alpha value is -2.51. The van der Waals surface area contributed by atoms with Gasteiger partial charge in [-0.15, -0.1) is 0 Å². The van der Waals surface area contributed by atoms with Crippen molar-refractivity contribution >= 4 is 43.6 Å². The van der Waals surface area contributed by atoms with Gasteiger partial charge in [0.15, 0.2) is 5.65 Å². The molecule has 0 saturated heterocycles. The zero-order chi connectivity index (χ0) is 17.8. The van der Waals surface area contributed by atoms with Crippen LogP contribution in [0.3, 0.4) is 0 Å². The zero-order valence-corrected chi connectivity index (χ0v) is 14.5. The minimum absolute atomic E-state index is 0.109. The van der Waals surface area contributed by atoms with Crippen molar-refractivity contribution in [2.45, 2.75) is 11.8 Å². The van der Waals surface area contributed by atoms with Gasteiger partial charge >= 0.3 is 0 Å². The van der Waals surface area contributed by atoms with Gasteiger partial charge in [0, 0.05) is 10.8 Å². The smallest absolute Gasteiger partial charge is 0.242 e. The van der Waals surface area contributed by atoms with Crippen molar-refractivity contribution < 1.29 is 12.8 Å². The molecule has 0 aliphatic heterocycles. The molecular formula is C17H11ClFN3O2S. The predicted molar refractivity (Wildman–Crippen MR) is 93.8 cm³/mol. The van der Waals surface area contributed by atoms with Crippen LogP contribution in [0.1, 0.15) is 5.56 Å². The van der Waals surface area contributed by atoms with E-state index in [2.05, 4.69) is 9.97 Å². The fraction of sp³-hybridized carbons (Fsp3) is 0.0588. The number of hydrogen-bond donors (Lipinski definition) is 0. The maximum Gasteiger partial charge on any atom is 0.269 e. The van der Waals surface area contributed by atoms with Gasteiger partial charge in [0.2, 0.25) is 0 Å². The molecule has 0 saturated carbocycles. The Morgan fingerprint density at radius 3 is 2.48 bits per heavy atom. The van der Waals surface area contributed by atoms with E-state index in [0.717, 1.165) is 15.7 Å². The van der Waals surface area contributed by atoms with Crippen molar-refractivity contribution in [1.82, 2.24) is 13.9 Å². The highest BCUT2D eigenvalue weighted by atomic mass is 35.5. The lowest BCUT2D eigenvalue weighted by molar-refractivity contribution is 0.589. The van der Waals surface area contributed by atoms with Crippen molar-refractivity contribution in [1.29, 1.82) is 0 Å². The second kappa shape index (κ2) is 5.50. The summed E-state index contributed by atoms with van der Waals surface area (Å²) >= 11 is 5.93. The Morgan fingerprint density at radius 2 is 1.76 bits per heavy atom. The van der Waals surface area contributed by atoms with E-state index in [1.165, 1.54) is 30.5 Å². The van der Waals surface area contributed by atoms with Gasteiger partial charge in [-0.25, -0.2) is 26.7 Å². The summed E-state index contributed by atoms with van der Waals surface area (Å²) in [5.74, 6) is -0.563. The summed E-state index contributed by atoms with van der Waals surface area (Å²) in [6.07, 6.45) is 2.33. The zero-order valence-electron chi connectivity index (χ0n) is 12.9. The molecule has 4 rings (SSSR count). The third-order valence-electron chi connectivity index (χ3n) is 3.94. The molecule has 25 heavy (non-hydrogen) atoms. The number of hydrogen-bond acceptors (Lipinski definition) is 4. The lowest BCUT2D eigenvalue weighted by atomic mass is 10.2. The summed E-state index contributed by atoms with van der Waals surface area (Å²) in [6.45, 7) is 1.87. The van der Waals surface area contributed by atoms with Crippen molar-refractivity contribution in [3.63, 3.8) is 0 Å². The van der Waals surface area contributed by atoms with Crippen LogP contribution in [0.15, 0.2) is 53.7 Å². The van der Waals surface area contributed by atoms with Gasteiger partial charge in [0.05, 0.1) is 22.8 Å². The molecular weight excluding hydrogens is 365 g/mol. The summed E-state index contributed by atoms with van der Waals surface area (Å²) in [5, 5.41) is 1.01. The molecule has 126 valence electrons. The molecule has 4 aromatic rings. The van der Waals surface area contributed by atoms with Crippen LogP contribution in [0.25, 0.3) is 21.9 Å². The van der Waals surface area contributed by atoms with E-state index in [9.17, 15) is 12.8 Å². The van der Waals surface area contributed by atoms with Crippen molar-refractivity contribution in [2.75, 3.05) is 0 Å². The molecule has 0 spiro atoms. The molecule has 0 aliphatic carbocycles. The van der Waals surface area contributed by atoms with Crippen LogP contribution in [-0.2, 0) is 10.0 Å². The number of aryl methyl sites for hydroxylation is 1. The van der Waals surface area contributed by atoms with Crippen LogP contribution in [-0.4, -0.2) is 22.4 Å². The first-order valence-corrected chi connectivity index (χ1v) is 9.13. The van der Waals surface area contributed by atoms with Gasteiger partial charge in [-0.2, -0.15) is 0 Å². The largest absolute Gasteiger partial charge is 0.269 e. The minimum Gasteiger partial charge on any atom is -0.242 e. The topological polar surface area (TPSA) is 64.8 Å². The van der Waals surface area contributed by atoms with Crippen LogP contribution < -0.4 is 0 Å². The number of benzene rings is 1. The van der Waals surface area contributed by atoms with E-state index >= 15 is 0 Å². The van der Waals surface area contributed by atoms with E-state index < -0.39 is 15.8 Å². The highest BCUT2D eigenvalue weighted by Gasteiger charge is 2.24. The van der Waals surface area contributed by atoms with E-state index in [-0.39, 0.29) is 21.2 Å². The number of pyridine rings is 2. The van der Waals surface area contributed by atoms with E-state index in [0.29, 0.717) is 10.8 Å². The van der Waals surface area contributed by atoms with Gasteiger partial charge in [-0.05, 0) is 31.2 Å². The molecule has 0 N–H and O–H groups in total. The Bertz CT molecular complexity index is 1180. The van der Waals surface area contributed by atoms with Crippen molar-refractivity contribution in [3.05, 3.63) is 65.3 Å². The molecule has 3 heterocycles. The Labute approximate surface area is 147 Å². The number of fused-ring (bicyclic) bond motifs is 3. The molecule has 5 nitrogen and oxygen atoms in total. The average Bonchev–Trinajstić information content (AvgIpc) is 2.89. The highest BCUT2D eigenvalue weighted by molar-refractivity contribution is 7.90. The minimum atomic E-state index is -3.94. The Balaban J connectivity index is 2.14. The number of aromatic nitrogens is 3. The van der Waals surface area contributed by atoms with Gasteiger partial charge in [-0.1, -0.05) is 29.3 Å². The molecule has 0 unspecified atom stereocenters. The highest BCUT2D eigenvalue weighted by Crippen LogP contribution is 2.32. The first kappa shape index (κ1) is 16.0. The van der Waals surface area contributed by atoms with E-state index in [4.69, 9.17) is 11.6 Å². The molecule has 0 atom stereocenters. The monoisotopic (exact) mass is 375 g/mol. The fourth-order valence-electron chi connectivity index (χ4n) is 2.77. The van der Waals surface area contributed by atoms with Crippen molar-refractivity contribution in [2.24, 2.45) is 0 Å². The lowest BCUT2D eigenvalue weighted by Gasteiger charge is -2.08. The number of rotatable bonds is 2.